The Labute approximate surface area is 138 Å². The zero-order valence-electron chi connectivity index (χ0n) is 13.1. The van der Waals surface area contributed by atoms with Crippen molar-refractivity contribution in [3.8, 4) is 0 Å². The van der Waals surface area contributed by atoms with Gasteiger partial charge in [-0.3, -0.25) is 9.59 Å². The van der Waals surface area contributed by atoms with Crippen molar-refractivity contribution >= 4 is 17.5 Å². The van der Waals surface area contributed by atoms with Crippen LogP contribution in [0, 0.1) is 24.5 Å². The largest absolute Gasteiger partial charge is 0.337 e. The molecule has 1 saturated heterocycles. The second kappa shape index (κ2) is 6.39. The third-order valence-corrected chi connectivity index (χ3v) is 4.03. The molecular weight excluding hydrogens is 314 g/mol. The van der Waals surface area contributed by atoms with Crippen LogP contribution in [0.2, 0.25) is 0 Å². The first-order valence-electron chi connectivity index (χ1n) is 7.56. The fourth-order valence-corrected chi connectivity index (χ4v) is 2.50. The van der Waals surface area contributed by atoms with Crippen molar-refractivity contribution in [2.45, 2.75) is 6.92 Å². The van der Waals surface area contributed by atoms with Gasteiger partial charge in [-0.2, -0.15) is 0 Å². The average molecular weight is 330 g/mol. The average Bonchev–Trinajstić information content (AvgIpc) is 2.50. The van der Waals surface area contributed by atoms with Crippen LogP contribution < -0.4 is 5.32 Å². The van der Waals surface area contributed by atoms with Gasteiger partial charge in [0, 0.05) is 24.3 Å². The molecule has 0 aromatic heterocycles. The molecule has 2 amide bonds. The fourth-order valence-electron chi connectivity index (χ4n) is 2.50. The predicted octanol–water partition coefficient (Wildman–Crippen LogP) is 2.98. The van der Waals surface area contributed by atoms with Crippen LogP contribution in [-0.4, -0.2) is 29.8 Å². The van der Waals surface area contributed by atoms with Gasteiger partial charge in [0.25, 0.3) is 5.91 Å². The van der Waals surface area contributed by atoms with E-state index in [1.807, 2.05) is 31.2 Å². The number of nitrogens with one attached hydrogen (secondary N) is 1. The predicted molar refractivity (Wildman–Crippen MR) is 85.6 cm³/mol. The van der Waals surface area contributed by atoms with Gasteiger partial charge >= 0.3 is 0 Å². The van der Waals surface area contributed by atoms with E-state index in [0.29, 0.717) is 5.69 Å². The van der Waals surface area contributed by atoms with Gasteiger partial charge < -0.3 is 10.2 Å². The molecule has 0 spiro atoms. The van der Waals surface area contributed by atoms with Crippen LogP contribution in [0.1, 0.15) is 15.9 Å². The van der Waals surface area contributed by atoms with E-state index in [-0.39, 0.29) is 30.5 Å². The van der Waals surface area contributed by atoms with Crippen molar-refractivity contribution in [2.75, 3.05) is 18.4 Å². The topological polar surface area (TPSA) is 49.4 Å². The number of aryl methyl sites for hydroxylation is 1. The number of amides is 2. The Hall–Kier alpha value is -2.76. The van der Waals surface area contributed by atoms with Gasteiger partial charge in [-0.15, -0.1) is 0 Å². The Kier molecular flexibility index (Phi) is 4.29. The van der Waals surface area contributed by atoms with Crippen LogP contribution in [0.3, 0.4) is 0 Å². The highest BCUT2D eigenvalue weighted by Crippen LogP contribution is 2.21. The highest BCUT2D eigenvalue weighted by molar-refractivity contribution is 5.98. The SMILES string of the molecule is Cc1ccc(NC(=O)C2CN(C(=O)c3ccc(F)c(F)c3)C2)cc1. The van der Waals surface area contributed by atoms with Crippen molar-refractivity contribution < 1.29 is 18.4 Å². The quantitative estimate of drug-likeness (QED) is 0.940. The molecule has 2 aromatic carbocycles. The van der Waals surface area contributed by atoms with E-state index < -0.39 is 17.5 Å². The Morgan fingerprint density at radius 3 is 2.33 bits per heavy atom. The van der Waals surface area contributed by atoms with E-state index in [1.165, 1.54) is 11.0 Å². The van der Waals surface area contributed by atoms with Crippen molar-refractivity contribution in [1.82, 2.24) is 4.90 Å². The third-order valence-electron chi connectivity index (χ3n) is 4.03. The number of nitrogens with zero attached hydrogens (tertiary/aromatic N) is 1. The van der Waals surface area contributed by atoms with Crippen LogP contribution in [0.4, 0.5) is 14.5 Å². The summed E-state index contributed by atoms with van der Waals surface area (Å²) in [6.45, 7) is 2.48. The number of halogens is 2. The van der Waals surface area contributed by atoms with Crippen molar-refractivity contribution in [1.29, 1.82) is 0 Å². The number of carbonyl (C=O) groups excluding carboxylic acids is 2. The number of benzene rings is 2. The fraction of sp³-hybridized carbons (Fsp3) is 0.222. The molecule has 1 N–H and O–H groups in total. The van der Waals surface area contributed by atoms with E-state index in [9.17, 15) is 18.4 Å². The monoisotopic (exact) mass is 330 g/mol. The molecule has 0 radical (unpaired) electrons. The third kappa shape index (κ3) is 3.27. The molecule has 1 fully saturated rings. The summed E-state index contributed by atoms with van der Waals surface area (Å²) < 4.78 is 26.1. The lowest BCUT2D eigenvalue weighted by atomic mass is 9.97. The lowest BCUT2D eigenvalue weighted by molar-refractivity contribution is -0.123. The van der Waals surface area contributed by atoms with Crippen LogP contribution >= 0.6 is 0 Å². The summed E-state index contributed by atoms with van der Waals surface area (Å²) in [6, 6.07) is 10.5. The Morgan fingerprint density at radius 2 is 1.71 bits per heavy atom. The molecule has 24 heavy (non-hydrogen) atoms. The zero-order chi connectivity index (χ0) is 17.3. The first-order chi connectivity index (χ1) is 11.4. The van der Waals surface area contributed by atoms with E-state index in [4.69, 9.17) is 0 Å². The van der Waals surface area contributed by atoms with Crippen molar-refractivity contribution in [3.05, 3.63) is 65.2 Å². The molecule has 1 aliphatic rings. The Morgan fingerprint density at radius 1 is 1.04 bits per heavy atom. The highest BCUT2D eigenvalue weighted by atomic mass is 19.2. The summed E-state index contributed by atoms with van der Waals surface area (Å²) in [4.78, 5) is 25.7. The van der Waals surface area contributed by atoms with Gasteiger partial charge in [-0.05, 0) is 37.3 Å². The summed E-state index contributed by atoms with van der Waals surface area (Å²) in [5.41, 5.74) is 1.88. The normalized spacial score (nSPS) is 14.2. The molecule has 0 unspecified atom stereocenters. The first-order valence-corrected chi connectivity index (χ1v) is 7.56. The summed E-state index contributed by atoms with van der Waals surface area (Å²) in [7, 11) is 0. The minimum atomic E-state index is -1.06. The molecule has 4 nitrogen and oxygen atoms in total. The molecule has 2 aromatic rings. The van der Waals surface area contributed by atoms with E-state index in [2.05, 4.69) is 5.32 Å². The molecular formula is C18H16F2N2O2. The summed E-state index contributed by atoms with van der Waals surface area (Å²) >= 11 is 0. The van der Waals surface area contributed by atoms with E-state index in [0.717, 1.165) is 17.7 Å². The molecule has 0 bridgehead atoms. The van der Waals surface area contributed by atoms with Gasteiger partial charge in [0.2, 0.25) is 5.91 Å². The molecule has 0 atom stereocenters. The molecule has 0 saturated carbocycles. The molecule has 1 aliphatic heterocycles. The lowest BCUT2D eigenvalue weighted by Crippen LogP contribution is -2.54. The second-order valence-corrected chi connectivity index (χ2v) is 5.89. The van der Waals surface area contributed by atoms with Crippen molar-refractivity contribution in [3.63, 3.8) is 0 Å². The summed E-state index contributed by atoms with van der Waals surface area (Å²) in [5.74, 6) is -2.93. The maximum absolute atomic E-state index is 13.2. The Balaban J connectivity index is 1.56. The van der Waals surface area contributed by atoms with Crippen LogP contribution in [0.5, 0.6) is 0 Å². The van der Waals surface area contributed by atoms with E-state index >= 15 is 0 Å². The minimum absolute atomic E-state index is 0.0753. The van der Waals surface area contributed by atoms with Crippen LogP contribution in [0.15, 0.2) is 42.5 Å². The van der Waals surface area contributed by atoms with Crippen molar-refractivity contribution in [2.24, 2.45) is 5.92 Å². The number of hydrogen-bond donors (Lipinski definition) is 1. The lowest BCUT2D eigenvalue weighted by Gasteiger charge is -2.38. The van der Waals surface area contributed by atoms with Gasteiger partial charge in [0.1, 0.15) is 0 Å². The van der Waals surface area contributed by atoms with E-state index in [1.54, 1.807) is 0 Å². The maximum Gasteiger partial charge on any atom is 0.254 e. The molecule has 3 rings (SSSR count). The second-order valence-electron chi connectivity index (χ2n) is 5.89. The first kappa shape index (κ1) is 16.1. The summed E-state index contributed by atoms with van der Waals surface area (Å²) in [5, 5.41) is 2.80. The van der Waals surface area contributed by atoms with Gasteiger partial charge in [-0.25, -0.2) is 8.78 Å². The number of carbonyl (C=O) groups is 2. The Bertz CT molecular complexity index is 784. The number of anilines is 1. The zero-order valence-corrected chi connectivity index (χ0v) is 13.1. The van der Waals surface area contributed by atoms with Crippen LogP contribution in [0.25, 0.3) is 0 Å². The summed E-state index contributed by atoms with van der Waals surface area (Å²) in [6.07, 6.45) is 0. The number of rotatable bonds is 3. The molecule has 1 heterocycles. The smallest absolute Gasteiger partial charge is 0.254 e. The minimum Gasteiger partial charge on any atom is -0.337 e. The molecule has 6 heteroatoms. The number of hydrogen-bond acceptors (Lipinski definition) is 2. The van der Waals surface area contributed by atoms with Crippen LogP contribution in [-0.2, 0) is 4.79 Å². The standard InChI is InChI=1S/C18H16F2N2O2/c1-11-2-5-14(6-3-11)21-17(23)13-9-22(10-13)18(24)12-4-7-15(19)16(20)8-12/h2-8,13H,9-10H2,1H3,(H,21,23). The van der Waals surface area contributed by atoms with Gasteiger partial charge in [-0.1, -0.05) is 17.7 Å². The number of likely N-dealkylation sites (tertiary alicyclic amines) is 1. The molecule has 124 valence electrons. The maximum atomic E-state index is 13.2. The van der Waals surface area contributed by atoms with Gasteiger partial charge in [0.05, 0.1) is 5.92 Å². The molecule has 0 aliphatic carbocycles. The highest BCUT2D eigenvalue weighted by Gasteiger charge is 2.36. The van der Waals surface area contributed by atoms with Gasteiger partial charge in [0.15, 0.2) is 11.6 Å².